The number of hydrogen-bond donors (Lipinski definition) is 1. The van der Waals surface area contributed by atoms with Gasteiger partial charge in [-0.2, -0.15) is 5.26 Å². The van der Waals surface area contributed by atoms with Crippen molar-refractivity contribution in [3.8, 4) is 6.07 Å². The van der Waals surface area contributed by atoms with Gasteiger partial charge in [-0.05, 0) is 25.5 Å². The van der Waals surface area contributed by atoms with E-state index < -0.39 is 10.8 Å². The predicted octanol–water partition coefficient (Wildman–Crippen LogP) is 3.28. The molecule has 4 heteroatoms. The number of nitrogens with zero attached hydrogens (tertiary/aromatic N) is 1. The van der Waals surface area contributed by atoms with E-state index in [1.165, 1.54) is 0 Å². The van der Waals surface area contributed by atoms with Gasteiger partial charge in [0.2, 0.25) is 0 Å². The summed E-state index contributed by atoms with van der Waals surface area (Å²) in [5.74, 6) is 0.697. The molecule has 0 bridgehead atoms. The van der Waals surface area contributed by atoms with Crippen LogP contribution in [0.1, 0.15) is 18.9 Å². The van der Waals surface area contributed by atoms with E-state index in [1.54, 1.807) is 6.26 Å². The predicted molar refractivity (Wildman–Crippen MR) is 85.3 cm³/mol. The number of fused-ring (bicyclic) bond motifs is 1. The second-order valence-electron chi connectivity index (χ2n) is 4.93. The van der Waals surface area contributed by atoms with Crippen LogP contribution in [-0.4, -0.2) is 22.3 Å². The number of rotatable bonds is 5. The molecular formula is C16H18N2OS. The van der Waals surface area contributed by atoms with Gasteiger partial charge in [-0.25, -0.2) is 0 Å². The van der Waals surface area contributed by atoms with Crippen molar-refractivity contribution in [1.29, 1.82) is 5.26 Å². The molecule has 2 aromatic carbocycles. The summed E-state index contributed by atoms with van der Waals surface area (Å²) in [5, 5.41) is 14.6. The van der Waals surface area contributed by atoms with E-state index in [2.05, 4.69) is 18.3 Å². The number of hydrogen-bond acceptors (Lipinski definition) is 3. The van der Waals surface area contributed by atoms with Crippen LogP contribution in [-0.2, 0) is 10.8 Å². The molecule has 0 spiro atoms. The lowest BCUT2D eigenvalue weighted by Crippen LogP contribution is -2.18. The standard InChI is InChI=1S/C16H18N2OS/c1-12(9-10-20(2)19)18-16-8-7-13(11-17)14-5-3-4-6-15(14)16/h3-8,12,18H,9-10H2,1-2H3. The van der Waals surface area contributed by atoms with Crippen molar-refractivity contribution in [2.45, 2.75) is 19.4 Å². The number of benzene rings is 2. The molecule has 0 aliphatic heterocycles. The molecular weight excluding hydrogens is 268 g/mol. The van der Waals surface area contributed by atoms with Crippen LogP contribution in [0, 0.1) is 11.3 Å². The van der Waals surface area contributed by atoms with Gasteiger partial charge in [-0.3, -0.25) is 4.21 Å². The first-order chi connectivity index (χ1) is 9.61. The third kappa shape index (κ3) is 3.37. The highest BCUT2D eigenvalue weighted by molar-refractivity contribution is 7.84. The normalized spacial score (nSPS) is 13.7. The first-order valence-corrected chi connectivity index (χ1v) is 8.33. The summed E-state index contributed by atoms with van der Waals surface area (Å²) in [5.41, 5.74) is 1.71. The number of nitrogens with one attached hydrogen (secondary N) is 1. The van der Waals surface area contributed by atoms with E-state index in [-0.39, 0.29) is 6.04 Å². The second-order valence-corrected chi connectivity index (χ2v) is 6.48. The molecule has 2 rings (SSSR count). The molecule has 0 heterocycles. The summed E-state index contributed by atoms with van der Waals surface area (Å²) >= 11 is 0. The summed E-state index contributed by atoms with van der Waals surface area (Å²) in [4.78, 5) is 0. The molecule has 0 amide bonds. The molecule has 0 saturated heterocycles. The van der Waals surface area contributed by atoms with E-state index in [0.29, 0.717) is 11.3 Å². The van der Waals surface area contributed by atoms with Gasteiger partial charge < -0.3 is 5.32 Å². The lowest BCUT2D eigenvalue weighted by molar-refractivity contribution is 0.678. The highest BCUT2D eigenvalue weighted by atomic mass is 32.2. The van der Waals surface area contributed by atoms with Crippen LogP contribution < -0.4 is 5.32 Å². The van der Waals surface area contributed by atoms with Gasteiger partial charge in [0.1, 0.15) is 0 Å². The van der Waals surface area contributed by atoms with Crippen LogP contribution >= 0.6 is 0 Å². The summed E-state index contributed by atoms with van der Waals surface area (Å²) in [7, 11) is -0.759. The maximum atomic E-state index is 11.1. The van der Waals surface area contributed by atoms with E-state index in [4.69, 9.17) is 5.26 Å². The van der Waals surface area contributed by atoms with Crippen LogP contribution in [0.25, 0.3) is 10.8 Å². The highest BCUT2D eigenvalue weighted by Gasteiger charge is 2.08. The van der Waals surface area contributed by atoms with Gasteiger partial charge >= 0.3 is 0 Å². The Labute approximate surface area is 122 Å². The minimum atomic E-state index is -0.759. The number of anilines is 1. The van der Waals surface area contributed by atoms with Gasteiger partial charge in [0.05, 0.1) is 11.6 Å². The molecule has 0 aromatic heterocycles. The molecule has 104 valence electrons. The summed E-state index contributed by atoms with van der Waals surface area (Å²) < 4.78 is 11.1. The lowest BCUT2D eigenvalue weighted by Gasteiger charge is -2.17. The Morgan fingerprint density at radius 1 is 1.25 bits per heavy atom. The smallest absolute Gasteiger partial charge is 0.0998 e. The minimum Gasteiger partial charge on any atom is -0.382 e. The zero-order valence-electron chi connectivity index (χ0n) is 11.7. The minimum absolute atomic E-state index is 0.246. The molecule has 1 N–H and O–H groups in total. The van der Waals surface area contributed by atoms with E-state index in [1.807, 2.05) is 36.4 Å². The summed E-state index contributed by atoms with van der Waals surface area (Å²) in [6, 6.07) is 14.1. The fraction of sp³-hybridized carbons (Fsp3) is 0.312. The summed E-state index contributed by atoms with van der Waals surface area (Å²) in [6.45, 7) is 2.08. The quantitative estimate of drug-likeness (QED) is 0.917. The Morgan fingerprint density at radius 2 is 1.95 bits per heavy atom. The molecule has 0 fully saturated rings. The number of nitriles is 1. The van der Waals surface area contributed by atoms with Crippen LogP contribution in [0.15, 0.2) is 36.4 Å². The van der Waals surface area contributed by atoms with Crippen LogP contribution in [0.2, 0.25) is 0 Å². The van der Waals surface area contributed by atoms with E-state index in [0.717, 1.165) is 22.9 Å². The average molecular weight is 286 g/mol. The Morgan fingerprint density at radius 3 is 2.60 bits per heavy atom. The fourth-order valence-electron chi connectivity index (χ4n) is 2.20. The van der Waals surface area contributed by atoms with Crippen molar-refractivity contribution < 1.29 is 4.21 Å². The van der Waals surface area contributed by atoms with Crippen molar-refractivity contribution in [3.63, 3.8) is 0 Å². The third-order valence-corrected chi connectivity index (χ3v) is 4.10. The Kier molecular flexibility index (Phi) is 4.75. The van der Waals surface area contributed by atoms with Crippen LogP contribution in [0.4, 0.5) is 5.69 Å². The van der Waals surface area contributed by atoms with Gasteiger partial charge in [-0.1, -0.05) is 24.3 Å². The molecule has 0 aliphatic rings. The molecule has 3 nitrogen and oxygen atoms in total. The highest BCUT2D eigenvalue weighted by Crippen LogP contribution is 2.27. The molecule has 2 atom stereocenters. The van der Waals surface area contributed by atoms with Gasteiger partial charge in [0.25, 0.3) is 0 Å². The maximum Gasteiger partial charge on any atom is 0.0998 e. The molecule has 20 heavy (non-hydrogen) atoms. The largest absolute Gasteiger partial charge is 0.382 e. The Bertz CT molecular complexity index is 676. The average Bonchev–Trinajstić information content (AvgIpc) is 2.45. The molecule has 2 unspecified atom stereocenters. The molecule has 0 radical (unpaired) electrons. The Hall–Kier alpha value is -1.86. The van der Waals surface area contributed by atoms with E-state index >= 15 is 0 Å². The second kappa shape index (κ2) is 6.53. The topological polar surface area (TPSA) is 52.9 Å². The fourth-order valence-corrected chi connectivity index (χ4v) is 2.89. The zero-order valence-corrected chi connectivity index (χ0v) is 12.5. The zero-order chi connectivity index (χ0) is 14.5. The first kappa shape index (κ1) is 14.5. The van der Waals surface area contributed by atoms with Crippen molar-refractivity contribution in [2.24, 2.45) is 0 Å². The van der Waals surface area contributed by atoms with Gasteiger partial charge in [0, 0.05) is 45.3 Å². The van der Waals surface area contributed by atoms with Crippen molar-refractivity contribution in [1.82, 2.24) is 0 Å². The van der Waals surface area contributed by atoms with Gasteiger partial charge in [-0.15, -0.1) is 0 Å². The summed E-state index contributed by atoms with van der Waals surface area (Å²) in [6.07, 6.45) is 2.58. The van der Waals surface area contributed by atoms with Crippen molar-refractivity contribution in [2.75, 3.05) is 17.3 Å². The van der Waals surface area contributed by atoms with Crippen LogP contribution in [0.5, 0.6) is 0 Å². The molecule has 0 saturated carbocycles. The SMILES string of the molecule is CC(CCS(C)=O)Nc1ccc(C#N)c2ccccc12. The first-order valence-electron chi connectivity index (χ1n) is 6.60. The van der Waals surface area contributed by atoms with Crippen molar-refractivity contribution in [3.05, 3.63) is 42.0 Å². The molecule has 0 aliphatic carbocycles. The van der Waals surface area contributed by atoms with Crippen molar-refractivity contribution >= 4 is 27.3 Å². The van der Waals surface area contributed by atoms with E-state index in [9.17, 15) is 4.21 Å². The third-order valence-electron chi connectivity index (χ3n) is 3.28. The monoisotopic (exact) mass is 286 g/mol. The van der Waals surface area contributed by atoms with Gasteiger partial charge in [0.15, 0.2) is 0 Å². The maximum absolute atomic E-state index is 11.1. The lowest BCUT2D eigenvalue weighted by atomic mass is 10.0. The Balaban J connectivity index is 2.27. The van der Waals surface area contributed by atoms with Crippen LogP contribution in [0.3, 0.4) is 0 Å². The molecule has 2 aromatic rings.